The lowest BCUT2D eigenvalue weighted by Crippen LogP contribution is -2.27. The predicted octanol–water partition coefficient (Wildman–Crippen LogP) is 3.76. The molecule has 3 rings (SSSR count). The highest BCUT2D eigenvalue weighted by Gasteiger charge is 2.09. The van der Waals surface area contributed by atoms with Gasteiger partial charge < -0.3 is 10.1 Å². The number of halogens is 1. The van der Waals surface area contributed by atoms with Crippen LogP contribution in [0.15, 0.2) is 54.9 Å². The SMILES string of the molecule is Cc1cc(OCc2ccc(C(=O)NCCn3cc([N+](=O)[O-])cn3)cc2)ccc1Cl. The summed E-state index contributed by atoms with van der Waals surface area (Å²) in [6, 6.07) is 12.6. The molecule has 0 aliphatic carbocycles. The Morgan fingerprint density at radius 1 is 1.28 bits per heavy atom. The number of nitrogens with zero attached hydrogens (tertiary/aromatic N) is 3. The zero-order valence-electron chi connectivity index (χ0n) is 15.7. The Balaban J connectivity index is 1.47. The fraction of sp³-hybridized carbons (Fsp3) is 0.200. The fourth-order valence-electron chi connectivity index (χ4n) is 2.58. The fourth-order valence-corrected chi connectivity index (χ4v) is 2.70. The third-order valence-corrected chi connectivity index (χ3v) is 4.63. The number of amides is 1. The van der Waals surface area contributed by atoms with Gasteiger partial charge in [-0.3, -0.25) is 19.6 Å². The van der Waals surface area contributed by atoms with E-state index < -0.39 is 4.92 Å². The number of ether oxygens (including phenoxy) is 1. The molecule has 0 saturated heterocycles. The van der Waals surface area contributed by atoms with Gasteiger partial charge in [0.1, 0.15) is 24.8 Å². The number of rotatable bonds is 8. The zero-order valence-corrected chi connectivity index (χ0v) is 16.4. The lowest BCUT2D eigenvalue weighted by Gasteiger charge is -2.09. The molecule has 1 aromatic heterocycles. The Bertz CT molecular complexity index is 1020. The van der Waals surface area contributed by atoms with Gasteiger partial charge >= 0.3 is 5.69 Å². The van der Waals surface area contributed by atoms with Crippen LogP contribution in [0.1, 0.15) is 21.5 Å². The van der Waals surface area contributed by atoms with Crippen molar-refractivity contribution in [3.05, 3.63) is 86.7 Å². The first-order valence-electron chi connectivity index (χ1n) is 8.85. The van der Waals surface area contributed by atoms with Crippen molar-refractivity contribution >= 4 is 23.2 Å². The van der Waals surface area contributed by atoms with Crippen LogP contribution in [0.4, 0.5) is 5.69 Å². The standard InChI is InChI=1S/C20H19ClN4O4/c1-14-10-18(6-7-19(14)21)29-13-15-2-4-16(5-3-15)20(26)22-8-9-24-12-17(11-23-24)25(27)28/h2-7,10-12H,8-9,13H2,1H3,(H,22,26). The molecule has 8 nitrogen and oxygen atoms in total. The van der Waals surface area contributed by atoms with Gasteiger partial charge in [-0.25, -0.2) is 0 Å². The summed E-state index contributed by atoms with van der Waals surface area (Å²) >= 11 is 6.00. The highest BCUT2D eigenvalue weighted by molar-refractivity contribution is 6.31. The first-order valence-corrected chi connectivity index (χ1v) is 9.23. The van der Waals surface area contributed by atoms with Crippen molar-refractivity contribution in [3.63, 3.8) is 0 Å². The maximum atomic E-state index is 12.2. The molecule has 1 heterocycles. The van der Waals surface area contributed by atoms with Gasteiger partial charge in [0.25, 0.3) is 5.91 Å². The topological polar surface area (TPSA) is 99.3 Å². The minimum Gasteiger partial charge on any atom is -0.489 e. The van der Waals surface area contributed by atoms with Crippen LogP contribution >= 0.6 is 11.6 Å². The monoisotopic (exact) mass is 414 g/mol. The van der Waals surface area contributed by atoms with E-state index in [1.807, 2.05) is 31.2 Å². The van der Waals surface area contributed by atoms with E-state index in [1.54, 1.807) is 18.2 Å². The predicted molar refractivity (Wildman–Crippen MR) is 108 cm³/mol. The molecule has 0 aliphatic heterocycles. The van der Waals surface area contributed by atoms with Gasteiger partial charge in [-0.15, -0.1) is 0 Å². The van der Waals surface area contributed by atoms with Crippen LogP contribution in [-0.2, 0) is 13.2 Å². The number of aryl methyl sites for hydroxylation is 1. The Morgan fingerprint density at radius 2 is 2.03 bits per heavy atom. The second-order valence-corrected chi connectivity index (χ2v) is 6.78. The summed E-state index contributed by atoms with van der Waals surface area (Å²) in [5.74, 6) is 0.500. The van der Waals surface area contributed by atoms with Crippen molar-refractivity contribution in [2.75, 3.05) is 6.54 Å². The van der Waals surface area contributed by atoms with Crippen molar-refractivity contribution in [1.29, 1.82) is 0 Å². The van der Waals surface area contributed by atoms with Crippen LogP contribution in [0, 0.1) is 17.0 Å². The first kappa shape index (κ1) is 20.3. The molecule has 9 heteroatoms. The zero-order chi connectivity index (χ0) is 20.8. The van der Waals surface area contributed by atoms with Crippen molar-refractivity contribution in [2.24, 2.45) is 0 Å². The second kappa shape index (κ2) is 9.20. The molecule has 2 aromatic carbocycles. The van der Waals surface area contributed by atoms with E-state index in [2.05, 4.69) is 10.4 Å². The molecule has 0 saturated carbocycles. The van der Waals surface area contributed by atoms with E-state index in [0.717, 1.165) is 16.9 Å². The van der Waals surface area contributed by atoms with Gasteiger partial charge in [0, 0.05) is 17.1 Å². The van der Waals surface area contributed by atoms with Gasteiger partial charge in [-0.05, 0) is 48.4 Å². The average Bonchev–Trinajstić information content (AvgIpc) is 3.18. The largest absolute Gasteiger partial charge is 0.489 e. The molecule has 0 radical (unpaired) electrons. The summed E-state index contributed by atoms with van der Waals surface area (Å²) in [4.78, 5) is 22.3. The Hall–Kier alpha value is -3.39. The minimum absolute atomic E-state index is 0.0807. The number of benzene rings is 2. The number of carbonyl (C=O) groups is 1. The highest BCUT2D eigenvalue weighted by atomic mass is 35.5. The van der Waals surface area contributed by atoms with E-state index >= 15 is 0 Å². The normalized spacial score (nSPS) is 10.6. The van der Waals surface area contributed by atoms with E-state index in [1.165, 1.54) is 17.1 Å². The van der Waals surface area contributed by atoms with Crippen molar-refractivity contribution < 1.29 is 14.5 Å². The first-order chi connectivity index (χ1) is 13.9. The summed E-state index contributed by atoms with van der Waals surface area (Å²) in [7, 11) is 0. The summed E-state index contributed by atoms with van der Waals surface area (Å²) in [5.41, 5.74) is 2.31. The van der Waals surface area contributed by atoms with Crippen molar-refractivity contribution in [3.8, 4) is 5.75 Å². The maximum Gasteiger partial charge on any atom is 0.306 e. The van der Waals surface area contributed by atoms with Gasteiger partial charge in [0.15, 0.2) is 0 Å². The van der Waals surface area contributed by atoms with E-state index in [0.29, 0.717) is 30.3 Å². The number of nitrogens with one attached hydrogen (secondary N) is 1. The lowest BCUT2D eigenvalue weighted by atomic mass is 10.1. The highest BCUT2D eigenvalue weighted by Crippen LogP contribution is 2.22. The van der Waals surface area contributed by atoms with E-state index in [-0.39, 0.29) is 11.6 Å². The molecule has 0 spiro atoms. The molecule has 1 amide bonds. The van der Waals surface area contributed by atoms with E-state index in [4.69, 9.17) is 16.3 Å². The number of nitro groups is 1. The summed E-state index contributed by atoms with van der Waals surface area (Å²) in [6.45, 7) is 2.93. The summed E-state index contributed by atoms with van der Waals surface area (Å²) in [6.07, 6.45) is 2.50. The molecule has 0 aliphatic rings. The molecular weight excluding hydrogens is 396 g/mol. The van der Waals surface area contributed by atoms with Crippen LogP contribution in [0.25, 0.3) is 0 Å². The third kappa shape index (κ3) is 5.55. The molecule has 0 unspecified atom stereocenters. The number of hydrogen-bond acceptors (Lipinski definition) is 5. The van der Waals surface area contributed by atoms with Crippen LogP contribution in [0.5, 0.6) is 5.75 Å². The molecule has 29 heavy (non-hydrogen) atoms. The Morgan fingerprint density at radius 3 is 2.69 bits per heavy atom. The van der Waals surface area contributed by atoms with Gasteiger partial charge in [0.05, 0.1) is 11.5 Å². The number of aromatic nitrogens is 2. The Labute approximate surface area is 172 Å². The van der Waals surface area contributed by atoms with Gasteiger partial charge in [-0.2, -0.15) is 5.10 Å². The van der Waals surface area contributed by atoms with Crippen LogP contribution in [-0.4, -0.2) is 27.2 Å². The minimum atomic E-state index is -0.512. The van der Waals surface area contributed by atoms with Crippen LogP contribution < -0.4 is 10.1 Å². The molecule has 3 aromatic rings. The lowest BCUT2D eigenvalue weighted by molar-refractivity contribution is -0.385. The number of hydrogen-bond donors (Lipinski definition) is 1. The average molecular weight is 415 g/mol. The summed E-state index contributed by atoms with van der Waals surface area (Å²) < 4.78 is 7.16. The number of carbonyl (C=O) groups excluding carboxylic acids is 1. The molecule has 0 bridgehead atoms. The maximum absolute atomic E-state index is 12.2. The quantitative estimate of drug-likeness (QED) is 0.447. The van der Waals surface area contributed by atoms with Crippen molar-refractivity contribution in [2.45, 2.75) is 20.1 Å². The van der Waals surface area contributed by atoms with Crippen LogP contribution in [0.2, 0.25) is 5.02 Å². The molecule has 150 valence electrons. The molecule has 0 atom stereocenters. The Kier molecular flexibility index (Phi) is 6.46. The molecular formula is C20H19ClN4O4. The van der Waals surface area contributed by atoms with E-state index in [9.17, 15) is 14.9 Å². The van der Waals surface area contributed by atoms with Crippen molar-refractivity contribution in [1.82, 2.24) is 15.1 Å². The van der Waals surface area contributed by atoms with Gasteiger partial charge in [-0.1, -0.05) is 23.7 Å². The second-order valence-electron chi connectivity index (χ2n) is 6.37. The van der Waals surface area contributed by atoms with Crippen LogP contribution in [0.3, 0.4) is 0 Å². The third-order valence-electron chi connectivity index (χ3n) is 4.21. The summed E-state index contributed by atoms with van der Waals surface area (Å²) in [5, 5.41) is 18.0. The smallest absolute Gasteiger partial charge is 0.306 e. The molecule has 0 fully saturated rings. The van der Waals surface area contributed by atoms with Gasteiger partial charge in [0.2, 0.25) is 0 Å². The molecule has 1 N–H and O–H groups in total.